The first-order valence-electron chi connectivity index (χ1n) is 11.9. The van der Waals surface area contributed by atoms with Crippen LogP contribution in [0.2, 0.25) is 0 Å². The van der Waals surface area contributed by atoms with Crippen LogP contribution < -0.4 is 0 Å². The number of hydrogen-bond donors (Lipinski definition) is 0. The van der Waals surface area contributed by atoms with Crippen molar-refractivity contribution in [2.75, 3.05) is 39.8 Å². The van der Waals surface area contributed by atoms with Crippen LogP contribution in [0.5, 0.6) is 0 Å². The zero-order valence-corrected chi connectivity index (χ0v) is 19.2. The number of rotatable bonds is 2. The van der Waals surface area contributed by atoms with Crippen molar-refractivity contribution in [3.05, 3.63) is 11.6 Å². The number of nitrogens with zero attached hydrogens (tertiary/aromatic N) is 2. The number of likely N-dealkylation sites (tertiary alicyclic amines) is 2. The first kappa shape index (κ1) is 20.1. The Morgan fingerprint density at radius 1 is 1.14 bits per heavy atom. The summed E-state index contributed by atoms with van der Waals surface area (Å²) < 4.78 is 6.01. The summed E-state index contributed by atoms with van der Waals surface area (Å²) in [6.07, 6.45) is 8.82. The third-order valence-electron chi connectivity index (χ3n) is 8.90. The predicted octanol–water partition coefficient (Wildman–Crippen LogP) is 3.96. The summed E-state index contributed by atoms with van der Waals surface area (Å²) in [6.45, 7) is 15.1. The molecule has 0 N–H and O–H groups in total. The van der Waals surface area contributed by atoms with E-state index in [0.717, 1.165) is 26.1 Å². The molecule has 5 aliphatic rings. The second-order valence-electron chi connectivity index (χ2n) is 12.5. The van der Waals surface area contributed by atoms with Crippen LogP contribution in [0.3, 0.4) is 0 Å². The summed E-state index contributed by atoms with van der Waals surface area (Å²) in [5, 5.41) is 0. The zero-order valence-electron chi connectivity index (χ0n) is 19.2. The molecular weight excluding hydrogens is 360 g/mol. The molecule has 2 aliphatic carbocycles. The molecule has 0 aromatic heterocycles. The molecule has 3 heterocycles. The summed E-state index contributed by atoms with van der Waals surface area (Å²) >= 11 is 0. The van der Waals surface area contributed by atoms with Crippen molar-refractivity contribution in [1.82, 2.24) is 9.80 Å². The number of allylic oxidation sites excluding steroid dienone is 1. The molecular formula is C25H40N2O2. The van der Waals surface area contributed by atoms with Crippen molar-refractivity contribution in [1.29, 1.82) is 0 Å². The number of carbonyl (C=O) groups is 1. The highest BCUT2D eigenvalue weighted by atomic mass is 16.6. The van der Waals surface area contributed by atoms with Crippen LogP contribution in [0.4, 0.5) is 0 Å². The molecule has 3 saturated heterocycles. The van der Waals surface area contributed by atoms with E-state index in [0.29, 0.717) is 16.7 Å². The lowest BCUT2D eigenvalue weighted by Crippen LogP contribution is -2.62. The van der Waals surface area contributed by atoms with E-state index in [9.17, 15) is 4.79 Å². The summed E-state index contributed by atoms with van der Waals surface area (Å²) in [5.74, 6) is 1.04. The van der Waals surface area contributed by atoms with Crippen molar-refractivity contribution >= 4 is 5.97 Å². The van der Waals surface area contributed by atoms with Crippen molar-refractivity contribution in [2.24, 2.45) is 34.0 Å². The molecule has 0 radical (unpaired) electrons. The third kappa shape index (κ3) is 3.39. The molecule has 2 bridgehead atoms. The van der Waals surface area contributed by atoms with E-state index < -0.39 is 0 Å². The molecule has 4 heteroatoms. The Morgan fingerprint density at radius 2 is 1.83 bits per heavy atom. The first-order chi connectivity index (χ1) is 13.6. The van der Waals surface area contributed by atoms with Crippen LogP contribution in [-0.4, -0.2) is 61.6 Å². The van der Waals surface area contributed by atoms with E-state index in [1.165, 1.54) is 38.8 Å². The summed E-state index contributed by atoms with van der Waals surface area (Å²) in [4.78, 5) is 18.1. The highest BCUT2D eigenvalue weighted by Crippen LogP contribution is 2.54. The second-order valence-corrected chi connectivity index (χ2v) is 12.5. The Hall–Kier alpha value is -0.870. The minimum atomic E-state index is 0.0231. The SMILES string of the molecule is C[C@H]1CCC[C@]2(C)C[C@H]3OC(=O)[C@@H](CN4C[C@@]5(C)CN(C)C[C@](C)(C4)C5)[C@H]3C=C12. The maximum atomic E-state index is 13.0. The molecule has 4 fully saturated rings. The summed E-state index contributed by atoms with van der Waals surface area (Å²) in [7, 11) is 2.26. The fourth-order valence-corrected chi connectivity index (χ4v) is 8.51. The van der Waals surface area contributed by atoms with Crippen molar-refractivity contribution in [2.45, 2.75) is 65.9 Å². The average Bonchev–Trinajstić information content (AvgIpc) is 2.84. The van der Waals surface area contributed by atoms with E-state index in [-0.39, 0.29) is 29.3 Å². The van der Waals surface area contributed by atoms with E-state index in [2.05, 4.69) is 50.6 Å². The first-order valence-corrected chi connectivity index (χ1v) is 11.9. The monoisotopic (exact) mass is 400 g/mol. The molecule has 3 aliphatic heterocycles. The molecule has 29 heavy (non-hydrogen) atoms. The fraction of sp³-hybridized carbons (Fsp3) is 0.880. The lowest BCUT2D eigenvalue weighted by atomic mass is 9.59. The largest absolute Gasteiger partial charge is 0.461 e. The van der Waals surface area contributed by atoms with Gasteiger partial charge in [-0.25, -0.2) is 0 Å². The van der Waals surface area contributed by atoms with Gasteiger partial charge in [0.1, 0.15) is 6.10 Å². The fourth-order valence-electron chi connectivity index (χ4n) is 8.51. The van der Waals surface area contributed by atoms with Crippen molar-refractivity contribution < 1.29 is 9.53 Å². The molecule has 0 unspecified atom stereocenters. The van der Waals surface area contributed by atoms with Gasteiger partial charge >= 0.3 is 5.97 Å². The summed E-state index contributed by atoms with van der Waals surface area (Å²) in [6, 6.07) is 0. The predicted molar refractivity (Wildman–Crippen MR) is 115 cm³/mol. The number of ether oxygens (including phenoxy) is 1. The van der Waals surface area contributed by atoms with Crippen LogP contribution in [-0.2, 0) is 9.53 Å². The van der Waals surface area contributed by atoms with Crippen LogP contribution in [0.15, 0.2) is 11.6 Å². The standard InChI is InChI=1S/C25H40N2O2/c1-17-7-6-8-25(4)10-21-18(9-20(17)25)19(22(28)29-21)11-27-15-23(2)12-24(3,16-27)14-26(5)13-23/h9,17-19,21H,6-8,10-16H2,1-5H3/t17-,18+,19-,21+,23+,24+,25+/m0/s1. The lowest BCUT2D eigenvalue weighted by Gasteiger charge is -2.56. The molecule has 0 aromatic carbocycles. The summed E-state index contributed by atoms with van der Waals surface area (Å²) in [5.41, 5.74) is 2.55. The zero-order chi connectivity index (χ0) is 20.6. The van der Waals surface area contributed by atoms with Crippen LogP contribution in [0, 0.1) is 34.0 Å². The van der Waals surface area contributed by atoms with Gasteiger partial charge in [0.05, 0.1) is 5.92 Å². The van der Waals surface area contributed by atoms with Crippen LogP contribution in [0.25, 0.3) is 0 Å². The Labute approximate surface area is 177 Å². The molecule has 5 rings (SSSR count). The van der Waals surface area contributed by atoms with Gasteiger partial charge in [-0.05, 0) is 54.9 Å². The molecule has 0 amide bonds. The Kier molecular flexibility index (Phi) is 4.54. The van der Waals surface area contributed by atoms with E-state index in [4.69, 9.17) is 4.74 Å². The van der Waals surface area contributed by atoms with Gasteiger partial charge in [0, 0.05) is 38.6 Å². The highest BCUT2D eigenvalue weighted by Gasteiger charge is 2.53. The highest BCUT2D eigenvalue weighted by molar-refractivity contribution is 5.76. The second kappa shape index (κ2) is 6.56. The van der Waals surface area contributed by atoms with Gasteiger partial charge < -0.3 is 14.5 Å². The van der Waals surface area contributed by atoms with Crippen molar-refractivity contribution in [3.63, 3.8) is 0 Å². The maximum absolute atomic E-state index is 13.0. The van der Waals surface area contributed by atoms with Crippen molar-refractivity contribution in [3.8, 4) is 0 Å². The van der Waals surface area contributed by atoms with Gasteiger partial charge in [-0.15, -0.1) is 0 Å². The van der Waals surface area contributed by atoms with Gasteiger partial charge in [-0.2, -0.15) is 0 Å². The van der Waals surface area contributed by atoms with Gasteiger partial charge in [-0.3, -0.25) is 4.79 Å². The van der Waals surface area contributed by atoms with Gasteiger partial charge in [0.25, 0.3) is 0 Å². The topological polar surface area (TPSA) is 32.8 Å². The number of fused-ring (bicyclic) bond motifs is 4. The molecule has 0 aromatic rings. The maximum Gasteiger partial charge on any atom is 0.311 e. The van der Waals surface area contributed by atoms with Gasteiger partial charge in [-0.1, -0.05) is 45.8 Å². The third-order valence-corrected chi connectivity index (χ3v) is 8.90. The number of piperidine rings is 2. The average molecular weight is 401 g/mol. The van der Waals surface area contributed by atoms with E-state index in [1.807, 2.05) is 0 Å². The Morgan fingerprint density at radius 3 is 2.52 bits per heavy atom. The normalized spacial score (nSPS) is 50.5. The van der Waals surface area contributed by atoms with Gasteiger partial charge in [0.2, 0.25) is 0 Å². The smallest absolute Gasteiger partial charge is 0.311 e. The van der Waals surface area contributed by atoms with Gasteiger partial charge in [0.15, 0.2) is 0 Å². The molecule has 4 nitrogen and oxygen atoms in total. The molecule has 0 spiro atoms. The lowest BCUT2D eigenvalue weighted by molar-refractivity contribution is -0.146. The van der Waals surface area contributed by atoms with Crippen LogP contribution in [0.1, 0.15) is 59.8 Å². The quantitative estimate of drug-likeness (QED) is 0.519. The molecule has 1 saturated carbocycles. The Bertz CT molecular complexity index is 714. The number of carbonyl (C=O) groups excluding carboxylic acids is 1. The number of hydrogen-bond acceptors (Lipinski definition) is 4. The van der Waals surface area contributed by atoms with E-state index >= 15 is 0 Å². The molecule has 7 atom stereocenters. The van der Waals surface area contributed by atoms with Crippen LogP contribution >= 0.6 is 0 Å². The minimum Gasteiger partial charge on any atom is -0.461 e. The minimum absolute atomic E-state index is 0.0231. The Balaban J connectivity index is 1.37. The number of esters is 1. The van der Waals surface area contributed by atoms with E-state index in [1.54, 1.807) is 5.57 Å². The molecule has 162 valence electrons.